The standard InChI is InChI=1S/C19H20FNO4.C7H6/c1-3-12-11-14-16(21(12)19(23)24-2)9-6-10-17(14)25-18(22)13-7-4-5-8-15(13)20;1-5-4-6-2-3-7(5)6/h1,4-5,7-8,12,14,16-17H,6,9-11H2,2H3;2-4H,1H3/t12?,14-,16-,17+;/m1./s1. The summed E-state index contributed by atoms with van der Waals surface area (Å²) >= 11 is 0. The summed E-state index contributed by atoms with van der Waals surface area (Å²) in [7, 11) is 1.32. The van der Waals surface area contributed by atoms with Gasteiger partial charge in [-0.05, 0) is 61.4 Å². The Balaban J connectivity index is 0.000000292. The Morgan fingerprint density at radius 3 is 2.50 bits per heavy atom. The number of carbonyl (C=O) groups is 2. The van der Waals surface area contributed by atoms with Crippen LogP contribution in [0.3, 0.4) is 0 Å². The lowest BCUT2D eigenvalue weighted by Gasteiger charge is -2.36. The Kier molecular flexibility index (Phi) is 6.18. The first-order valence-electron chi connectivity index (χ1n) is 10.8. The molecule has 0 bridgehead atoms. The summed E-state index contributed by atoms with van der Waals surface area (Å²) < 4.78 is 24.2. The van der Waals surface area contributed by atoms with Crippen molar-refractivity contribution in [2.24, 2.45) is 5.92 Å². The second-order valence-corrected chi connectivity index (χ2v) is 8.41. The van der Waals surface area contributed by atoms with Gasteiger partial charge in [-0.15, -0.1) is 6.42 Å². The summed E-state index contributed by atoms with van der Waals surface area (Å²) in [6, 6.07) is 11.7. The highest BCUT2D eigenvalue weighted by atomic mass is 19.1. The fourth-order valence-electron chi connectivity index (χ4n) is 4.93. The van der Waals surface area contributed by atoms with Gasteiger partial charge in [0.25, 0.3) is 0 Å². The largest absolute Gasteiger partial charge is 0.458 e. The second kappa shape index (κ2) is 9.04. The molecule has 1 amide bonds. The molecule has 32 heavy (non-hydrogen) atoms. The van der Waals surface area contributed by atoms with Crippen molar-refractivity contribution in [1.29, 1.82) is 0 Å². The molecule has 1 heterocycles. The van der Waals surface area contributed by atoms with Gasteiger partial charge in [0.15, 0.2) is 0 Å². The molecular weight excluding hydrogens is 409 g/mol. The first-order chi connectivity index (χ1) is 15.4. The molecule has 0 aromatic heterocycles. The number of esters is 1. The van der Waals surface area contributed by atoms with Crippen LogP contribution in [0, 0.1) is 31.0 Å². The van der Waals surface area contributed by atoms with Gasteiger partial charge in [0.1, 0.15) is 11.9 Å². The maximum Gasteiger partial charge on any atom is 0.410 e. The summed E-state index contributed by atoms with van der Waals surface area (Å²) in [5.74, 6) is 1.27. The normalized spacial score (nSPS) is 24.4. The third-order valence-electron chi connectivity index (χ3n) is 6.62. The highest BCUT2D eigenvalue weighted by Gasteiger charge is 2.49. The number of likely N-dealkylation sites (tertiary alicyclic amines) is 1. The molecule has 2 fully saturated rings. The molecule has 1 saturated heterocycles. The quantitative estimate of drug-likeness (QED) is 0.421. The lowest BCUT2D eigenvalue weighted by atomic mass is 9.82. The van der Waals surface area contributed by atoms with Crippen LogP contribution in [0.2, 0.25) is 0 Å². The fraction of sp³-hybridized carbons (Fsp3) is 0.385. The smallest absolute Gasteiger partial charge is 0.410 e. The number of carbonyl (C=O) groups excluding carboxylic acids is 2. The number of fused-ring (bicyclic) bond motifs is 2. The van der Waals surface area contributed by atoms with Crippen LogP contribution in [0.25, 0.3) is 11.1 Å². The van der Waals surface area contributed by atoms with E-state index in [9.17, 15) is 14.0 Å². The Morgan fingerprint density at radius 2 is 1.97 bits per heavy atom. The number of methoxy groups -OCH3 is 1. The van der Waals surface area contributed by atoms with Crippen molar-refractivity contribution in [3.63, 3.8) is 0 Å². The Bertz CT molecular complexity index is 1080. The van der Waals surface area contributed by atoms with Crippen LogP contribution in [0.15, 0.2) is 42.5 Å². The zero-order valence-corrected chi connectivity index (χ0v) is 18.2. The van der Waals surface area contributed by atoms with E-state index in [4.69, 9.17) is 15.9 Å². The molecule has 0 N–H and O–H groups in total. The predicted molar refractivity (Wildman–Crippen MR) is 118 cm³/mol. The number of hydrogen-bond acceptors (Lipinski definition) is 4. The van der Waals surface area contributed by atoms with E-state index in [1.807, 2.05) is 0 Å². The van der Waals surface area contributed by atoms with E-state index in [-0.39, 0.29) is 23.6 Å². The molecule has 5 rings (SSSR count). The maximum atomic E-state index is 13.8. The molecule has 0 spiro atoms. The summed E-state index contributed by atoms with van der Waals surface area (Å²) in [4.78, 5) is 26.0. The number of benzene rings is 2. The van der Waals surface area contributed by atoms with Crippen molar-refractivity contribution in [3.05, 3.63) is 59.4 Å². The number of nitrogens with zero attached hydrogens (tertiary/aromatic N) is 1. The van der Waals surface area contributed by atoms with E-state index in [1.165, 1.54) is 42.0 Å². The molecule has 1 unspecified atom stereocenters. The van der Waals surface area contributed by atoms with Gasteiger partial charge < -0.3 is 9.47 Å². The Labute approximate surface area is 187 Å². The van der Waals surface area contributed by atoms with E-state index < -0.39 is 24.0 Å². The molecule has 166 valence electrons. The highest BCUT2D eigenvalue weighted by Crippen LogP contribution is 2.41. The Morgan fingerprint density at radius 1 is 1.19 bits per heavy atom. The average molecular weight is 435 g/mol. The van der Waals surface area contributed by atoms with Crippen molar-refractivity contribution >= 4 is 12.1 Å². The number of rotatable bonds is 2. The van der Waals surface area contributed by atoms with Gasteiger partial charge in [0, 0.05) is 12.0 Å². The van der Waals surface area contributed by atoms with Crippen molar-refractivity contribution in [2.45, 2.75) is 50.8 Å². The van der Waals surface area contributed by atoms with Gasteiger partial charge in [-0.2, -0.15) is 0 Å². The maximum absolute atomic E-state index is 13.8. The minimum atomic E-state index is -0.683. The van der Waals surface area contributed by atoms with E-state index in [2.05, 4.69) is 31.0 Å². The van der Waals surface area contributed by atoms with Gasteiger partial charge >= 0.3 is 12.1 Å². The third kappa shape index (κ3) is 3.95. The average Bonchev–Trinajstić information content (AvgIpc) is 3.17. The van der Waals surface area contributed by atoms with E-state index in [0.717, 1.165) is 12.8 Å². The molecule has 5 nitrogen and oxygen atoms in total. The lowest BCUT2D eigenvalue weighted by Crippen LogP contribution is -2.46. The fourth-order valence-corrected chi connectivity index (χ4v) is 4.93. The second-order valence-electron chi connectivity index (χ2n) is 8.41. The van der Waals surface area contributed by atoms with Gasteiger partial charge in [0.05, 0.1) is 18.7 Å². The molecule has 1 aromatic carbocycles. The molecule has 1 aliphatic heterocycles. The topological polar surface area (TPSA) is 55.8 Å². The first-order valence-corrected chi connectivity index (χ1v) is 10.8. The van der Waals surface area contributed by atoms with E-state index in [1.54, 1.807) is 11.0 Å². The SMILES string of the molecule is C#CC1C[C@H]2[C@@H](OC(=O)c3ccccc3F)CCC[C@H]2N1C(=O)OC.Cc1cc2ccc1-2. The van der Waals surface area contributed by atoms with Crippen molar-refractivity contribution in [1.82, 2.24) is 4.90 Å². The van der Waals surface area contributed by atoms with Crippen LogP contribution in [0.1, 0.15) is 41.6 Å². The number of hydrogen-bond donors (Lipinski definition) is 0. The summed E-state index contributed by atoms with van der Waals surface area (Å²) in [6.45, 7) is 2.14. The minimum absolute atomic E-state index is 0.0652. The number of halogens is 1. The number of terminal acetylenes is 1. The van der Waals surface area contributed by atoms with Gasteiger partial charge in [-0.25, -0.2) is 14.0 Å². The molecule has 0 radical (unpaired) electrons. The van der Waals surface area contributed by atoms with E-state index >= 15 is 0 Å². The lowest BCUT2D eigenvalue weighted by molar-refractivity contribution is -0.00765. The first kappa shape index (κ1) is 21.9. The summed E-state index contributed by atoms with van der Waals surface area (Å²) in [5, 5.41) is 0. The van der Waals surface area contributed by atoms with Crippen LogP contribution in [-0.2, 0) is 9.47 Å². The minimum Gasteiger partial charge on any atom is -0.458 e. The van der Waals surface area contributed by atoms with Crippen molar-refractivity contribution in [3.8, 4) is 23.5 Å². The van der Waals surface area contributed by atoms with Crippen LogP contribution < -0.4 is 0 Å². The zero-order valence-electron chi connectivity index (χ0n) is 18.2. The third-order valence-corrected chi connectivity index (χ3v) is 6.62. The molecule has 4 atom stereocenters. The molecule has 1 saturated carbocycles. The number of aryl methyl sites for hydroxylation is 1. The summed E-state index contributed by atoms with van der Waals surface area (Å²) in [6.07, 6.45) is 7.52. The molecule has 3 aliphatic carbocycles. The van der Waals surface area contributed by atoms with Crippen molar-refractivity contribution in [2.75, 3.05) is 7.11 Å². The van der Waals surface area contributed by atoms with Crippen LogP contribution in [0.5, 0.6) is 0 Å². The van der Waals surface area contributed by atoms with Crippen LogP contribution in [0.4, 0.5) is 9.18 Å². The van der Waals surface area contributed by atoms with Crippen molar-refractivity contribution < 1.29 is 23.5 Å². The molecule has 6 heteroatoms. The van der Waals surface area contributed by atoms with Crippen LogP contribution in [-0.4, -0.2) is 42.3 Å². The monoisotopic (exact) mass is 435 g/mol. The number of ether oxygens (including phenoxy) is 2. The predicted octanol–water partition coefficient (Wildman–Crippen LogP) is 4.97. The summed E-state index contributed by atoms with van der Waals surface area (Å²) in [5.41, 5.74) is 4.27. The number of amides is 1. The van der Waals surface area contributed by atoms with Gasteiger partial charge in [-0.3, -0.25) is 4.90 Å². The highest BCUT2D eigenvalue weighted by molar-refractivity contribution is 5.89. The zero-order chi connectivity index (χ0) is 22.8. The van der Waals surface area contributed by atoms with Crippen LogP contribution >= 0.6 is 0 Å². The molecule has 4 aliphatic rings. The van der Waals surface area contributed by atoms with E-state index in [0.29, 0.717) is 12.8 Å². The van der Waals surface area contributed by atoms with Gasteiger partial charge in [-0.1, -0.05) is 36.3 Å². The van der Waals surface area contributed by atoms with Gasteiger partial charge in [0.2, 0.25) is 0 Å². The Hall–Kier alpha value is -3.33. The molecule has 1 aromatic rings. The molecular formula is C26H26FNO4.